The van der Waals surface area contributed by atoms with Gasteiger partial charge >= 0.3 is 0 Å². The molecule has 1 aliphatic carbocycles. The normalized spacial score (nSPS) is 17.5. The van der Waals surface area contributed by atoms with Crippen LogP contribution in [-0.2, 0) is 9.59 Å². The Hall–Kier alpha value is -1.63. The van der Waals surface area contributed by atoms with E-state index in [9.17, 15) is 9.59 Å². The van der Waals surface area contributed by atoms with Gasteiger partial charge in [0.05, 0.1) is 0 Å². The smallest absolute Gasteiger partial charge is 0.241 e. The van der Waals surface area contributed by atoms with Crippen molar-refractivity contribution in [3.05, 3.63) is 11.6 Å². The van der Waals surface area contributed by atoms with Gasteiger partial charge in [-0.25, -0.2) is 0 Å². The number of carbonyl (C=O) groups is 2. The molecule has 134 valence electrons. The minimum Gasteiger partial charge on any atom is -0.361 e. The van der Waals surface area contributed by atoms with Gasteiger partial charge < -0.3 is 10.6 Å². The number of rotatable bonds is 6. The molecule has 2 N–H and O–H groups in total. The molecule has 0 aromatic heterocycles. The maximum Gasteiger partial charge on any atom is 0.241 e. The second-order valence-corrected chi connectivity index (χ2v) is 6.64. The summed E-state index contributed by atoms with van der Waals surface area (Å²) in [5.41, 5.74) is 1.51. The lowest BCUT2D eigenvalue weighted by Gasteiger charge is -2.30. The highest BCUT2D eigenvalue weighted by molar-refractivity contribution is 7.80. The van der Waals surface area contributed by atoms with Gasteiger partial charge in [0.1, 0.15) is 0 Å². The minimum atomic E-state index is -0.115. The fourth-order valence-corrected chi connectivity index (χ4v) is 3.40. The van der Waals surface area contributed by atoms with Gasteiger partial charge in [0.25, 0.3) is 0 Å². The van der Waals surface area contributed by atoms with Gasteiger partial charge in [0, 0.05) is 39.5 Å². The molecule has 1 saturated heterocycles. The van der Waals surface area contributed by atoms with Crippen molar-refractivity contribution >= 4 is 29.1 Å². The summed E-state index contributed by atoms with van der Waals surface area (Å²) in [5.74, 6) is -0.161. The molecular formula is C17H28N4O2S. The Morgan fingerprint density at radius 3 is 2.67 bits per heavy atom. The van der Waals surface area contributed by atoms with Gasteiger partial charge in [-0.3, -0.25) is 19.6 Å². The molecule has 7 heteroatoms. The monoisotopic (exact) mass is 352 g/mol. The van der Waals surface area contributed by atoms with Crippen LogP contribution in [-0.4, -0.2) is 53.6 Å². The van der Waals surface area contributed by atoms with Crippen molar-refractivity contribution in [2.75, 3.05) is 26.7 Å². The summed E-state index contributed by atoms with van der Waals surface area (Å²) in [6.07, 6.45) is 9.67. The summed E-state index contributed by atoms with van der Waals surface area (Å²) in [6.45, 7) is 2.22. The van der Waals surface area contributed by atoms with Gasteiger partial charge in [0.15, 0.2) is 5.11 Å². The van der Waals surface area contributed by atoms with Crippen molar-refractivity contribution in [2.45, 2.75) is 51.4 Å². The molecular weight excluding hydrogens is 324 g/mol. The largest absolute Gasteiger partial charge is 0.361 e. The number of nitrogens with one attached hydrogen (secondary N) is 2. The molecule has 2 rings (SSSR count). The van der Waals surface area contributed by atoms with Gasteiger partial charge in [-0.15, -0.1) is 0 Å². The predicted molar refractivity (Wildman–Crippen MR) is 98.1 cm³/mol. The Kier molecular flexibility index (Phi) is 7.49. The van der Waals surface area contributed by atoms with Gasteiger partial charge in [-0.2, -0.15) is 0 Å². The van der Waals surface area contributed by atoms with Crippen molar-refractivity contribution in [1.82, 2.24) is 20.7 Å². The molecule has 2 aliphatic rings. The molecule has 0 atom stereocenters. The SMILES string of the molecule is CNC(=O)CCC(=O)N1CCCN1C(=S)NCCC1=CCCCC1. The molecule has 0 spiro atoms. The maximum absolute atomic E-state index is 12.3. The van der Waals surface area contributed by atoms with E-state index < -0.39 is 0 Å². The topological polar surface area (TPSA) is 64.7 Å². The van der Waals surface area contributed by atoms with Gasteiger partial charge in [-0.05, 0) is 50.7 Å². The van der Waals surface area contributed by atoms with Crippen LogP contribution in [0.5, 0.6) is 0 Å². The van der Waals surface area contributed by atoms with E-state index in [1.54, 1.807) is 12.1 Å². The Morgan fingerprint density at radius 1 is 1.17 bits per heavy atom. The predicted octanol–water partition coefficient (Wildman–Crippen LogP) is 1.73. The van der Waals surface area contributed by atoms with Crippen molar-refractivity contribution in [1.29, 1.82) is 0 Å². The summed E-state index contributed by atoms with van der Waals surface area (Å²) in [5, 5.41) is 9.94. The van der Waals surface area contributed by atoms with E-state index in [2.05, 4.69) is 16.7 Å². The van der Waals surface area contributed by atoms with Crippen LogP contribution in [0.4, 0.5) is 0 Å². The first-order valence-electron chi connectivity index (χ1n) is 8.86. The number of hydrogen-bond acceptors (Lipinski definition) is 3. The first kappa shape index (κ1) is 18.7. The second-order valence-electron chi connectivity index (χ2n) is 6.26. The van der Waals surface area contributed by atoms with E-state index in [0.717, 1.165) is 25.9 Å². The minimum absolute atomic E-state index is 0.0461. The number of hydrazine groups is 1. The third kappa shape index (κ3) is 5.47. The molecule has 6 nitrogen and oxygen atoms in total. The first-order chi connectivity index (χ1) is 11.6. The molecule has 0 aromatic rings. The standard InChI is InChI=1S/C17H28N4O2S/c1-18-15(22)8-9-16(23)20-12-5-13-21(20)17(24)19-11-10-14-6-3-2-4-7-14/h6H,2-5,7-13H2,1H3,(H,18,22)(H,19,24). The highest BCUT2D eigenvalue weighted by Crippen LogP contribution is 2.19. The van der Waals surface area contributed by atoms with Crippen LogP contribution in [0, 0.1) is 0 Å². The van der Waals surface area contributed by atoms with Crippen molar-refractivity contribution < 1.29 is 9.59 Å². The average molecular weight is 353 g/mol. The zero-order valence-electron chi connectivity index (χ0n) is 14.5. The van der Waals surface area contributed by atoms with Gasteiger partial charge in [0.2, 0.25) is 11.8 Å². The third-order valence-electron chi connectivity index (χ3n) is 4.51. The molecule has 0 bridgehead atoms. The number of nitrogens with zero attached hydrogens (tertiary/aromatic N) is 2. The summed E-state index contributed by atoms with van der Waals surface area (Å²) < 4.78 is 0. The van der Waals surface area contributed by atoms with Crippen LogP contribution < -0.4 is 10.6 Å². The van der Waals surface area contributed by atoms with Crippen LogP contribution in [0.1, 0.15) is 51.4 Å². The van der Waals surface area contributed by atoms with E-state index in [4.69, 9.17) is 12.2 Å². The zero-order chi connectivity index (χ0) is 17.4. The van der Waals surface area contributed by atoms with Crippen LogP contribution in [0.3, 0.4) is 0 Å². The van der Waals surface area contributed by atoms with E-state index in [1.807, 2.05) is 5.01 Å². The summed E-state index contributed by atoms with van der Waals surface area (Å²) >= 11 is 5.46. The molecule has 1 heterocycles. The van der Waals surface area contributed by atoms with E-state index in [0.29, 0.717) is 11.7 Å². The Morgan fingerprint density at radius 2 is 1.96 bits per heavy atom. The Bertz CT molecular complexity index is 507. The van der Waals surface area contributed by atoms with Crippen LogP contribution in [0.2, 0.25) is 0 Å². The highest BCUT2D eigenvalue weighted by Gasteiger charge is 2.28. The van der Waals surface area contributed by atoms with Crippen molar-refractivity contribution in [3.8, 4) is 0 Å². The lowest BCUT2D eigenvalue weighted by Crippen LogP contribution is -2.49. The summed E-state index contributed by atoms with van der Waals surface area (Å²) in [4.78, 5) is 23.6. The van der Waals surface area contributed by atoms with E-state index in [1.165, 1.54) is 31.3 Å². The third-order valence-corrected chi connectivity index (χ3v) is 4.86. The zero-order valence-corrected chi connectivity index (χ0v) is 15.3. The fourth-order valence-electron chi connectivity index (χ4n) is 3.11. The Labute approximate surface area is 149 Å². The van der Waals surface area contributed by atoms with Crippen LogP contribution in [0.25, 0.3) is 0 Å². The molecule has 0 unspecified atom stereocenters. The van der Waals surface area contributed by atoms with Crippen molar-refractivity contribution in [3.63, 3.8) is 0 Å². The van der Waals surface area contributed by atoms with E-state index in [-0.39, 0.29) is 24.7 Å². The summed E-state index contributed by atoms with van der Waals surface area (Å²) in [7, 11) is 1.58. The fraction of sp³-hybridized carbons (Fsp3) is 0.706. The molecule has 0 radical (unpaired) electrons. The summed E-state index contributed by atoms with van der Waals surface area (Å²) in [6, 6.07) is 0. The average Bonchev–Trinajstić information content (AvgIpc) is 3.10. The number of hydrogen-bond donors (Lipinski definition) is 2. The number of amides is 2. The molecule has 2 amide bonds. The van der Waals surface area contributed by atoms with Crippen molar-refractivity contribution in [2.24, 2.45) is 0 Å². The molecule has 1 aliphatic heterocycles. The quantitative estimate of drug-likeness (QED) is 0.563. The number of carbonyl (C=O) groups excluding carboxylic acids is 2. The lowest BCUT2D eigenvalue weighted by molar-refractivity contribution is -0.140. The highest BCUT2D eigenvalue weighted by atomic mass is 32.1. The maximum atomic E-state index is 12.3. The molecule has 1 fully saturated rings. The number of thiocarbonyl (C=S) groups is 1. The lowest BCUT2D eigenvalue weighted by atomic mass is 9.97. The van der Waals surface area contributed by atoms with E-state index >= 15 is 0 Å². The first-order valence-corrected chi connectivity index (χ1v) is 9.26. The molecule has 0 aromatic carbocycles. The number of allylic oxidation sites excluding steroid dienone is 1. The molecule has 0 saturated carbocycles. The Balaban J connectivity index is 1.76. The molecule has 24 heavy (non-hydrogen) atoms. The van der Waals surface area contributed by atoms with Crippen LogP contribution >= 0.6 is 12.2 Å². The van der Waals surface area contributed by atoms with Crippen LogP contribution in [0.15, 0.2) is 11.6 Å². The second kappa shape index (κ2) is 9.61. The van der Waals surface area contributed by atoms with Gasteiger partial charge in [-0.1, -0.05) is 11.6 Å².